The number of carbonyl (C=O) groups excluding carboxylic acids is 1. The zero-order valence-corrected chi connectivity index (χ0v) is 22.7. The van der Waals surface area contributed by atoms with Crippen LogP contribution in [0.5, 0.6) is 0 Å². The summed E-state index contributed by atoms with van der Waals surface area (Å²) in [6.45, 7) is 7.60. The Balaban J connectivity index is 1.64. The van der Waals surface area contributed by atoms with Crippen molar-refractivity contribution in [2.45, 2.75) is 70.2 Å². The molecule has 0 unspecified atom stereocenters. The maximum Gasteiger partial charge on any atom is 0.343 e. The van der Waals surface area contributed by atoms with E-state index in [0.29, 0.717) is 11.1 Å². The molecule has 1 heterocycles. The fraction of sp³-hybridized carbons (Fsp3) is 0.448. The summed E-state index contributed by atoms with van der Waals surface area (Å²) < 4.78 is 25.9. The number of aromatic nitrogens is 1. The van der Waals surface area contributed by atoms with Gasteiger partial charge in [-0.05, 0) is 93.8 Å². The van der Waals surface area contributed by atoms with E-state index in [1.54, 1.807) is 31.1 Å². The van der Waals surface area contributed by atoms with Crippen LogP contribution in [0.4, 0.5) is 4.39 Å². The number of benzene rings is 2. The first-order chi connectivity index (χ1) is 17.8. The first-order valence-electron chi connectivity index (χ1n) is 13.1. The quantitative estimate of drug-likeness (QED) is 0.170. The Morgan fingerprint density at radius 1 is 1.14 bits per heavy atom. The summed E-state index contributed by atoms with van der Waals surface area (Å²) in [5.41, 5.74) is 8.99. The molecule has 0 spiro atoms. The fourth-order valence-electron chi connectivity index (χ4n) is 4.68. The van der Waals surface area contributed by atoms with Crippen molar-refractivity contribution in [3.8, 4) is 11.1 Å². The van der Waals surface area contributed by atoms with Gasteiger partial charge < -0.3 is 15.0 Å². The van der Waals surface area contributed by atoms with Gasteiger partial charge in [0.05, 0.1) is 12.1 Å². The molecule has 1 aliphatic rings. The van der Waals surface area contributed by atoms with E-state index >= 15 is 4.39 Å². The van der Waals surface area contributed by atoms with Gasteiger partial charge in [-0.25, -0.2) is 9.18 Å². The van der Waals surface area contributed by atoms with Crippen LogP contribution in [0.3, 0.4) is 0 Å². The summed E-state index contributed by atoms with van der Waals surface area (Å²) in [7, 11) is 0. The molecule has 1 fully saturated rings. The molecular weight excluding hydrogens is 489 g/mol. The standard InChI is InChI=1S/C29H36FN3O3S/c1-4-36-29(35)24-17-33(21-9-10-21)26-16-22(25(30)15-23(26)27(24)34)20-13-18(2)28(19(3)14-20)37-32-12-8-6-5-7-11-31/h13-17,21,32H,4-12,31H2,1-3H3. The molecule has 0 aliphatic heterocycles. The molecule has 198 valence electrons. The maximum atomic E-state index is 15.5. The van der Waals surface area contributed by atoms with Gasteiger partial charge in [0.15, 0.2) is 0 Å². The number of nitrogens with one attached hydrogen (secondary N) is 1. The second-order valence-electron chi connectivity index (χ2n) is 9.72. The molecule has 1 saturated carbocycles. The Bertz CT molecular complexity index is 1330. The largest absolute Gasteiger partial charge is 0.462 e. The summed E-state index contributed by atoms with van der Waals surface area (Å²) in [6, 6.07) is 7.20. The zero-order valence-electron chi connectivity index (χ0n) is 21.9. The van der Waals surface area contributed by atoms with Crippen molar-refractivity contribution in [2.24, 2.45) is 5.73 Å². The molecular formula is C29H36FN3O3S. The van der Waals surface area contributed by atoms with Crippen LogP contribution in [0.15, 0.2) is 40.2 Å². The smallest absolute Gasteiger partial charge is 0.343 e. The normalized spacial score (nSPS) is 13.3. The number of rotatable bonds is 12. The van der Waals surface area contributed by atoms with Crippen LogP contribution in [-0.2, 0) is 4.74 Å². The Hall–Kier alpha value is -2.68. The summed E-state index contributed by atoms with van der Waals surface area (Å²) in [5.74, 6) is -1.15. The van der Waals surface area contributed by atoms with Crippen LogP contribution in [-0.4, -0.2) is 30.2 Å². The second-order valence-corrected chi connectivity index (χ2v) is 10.6. The predicted molar refractivity (Wildman–Crippen MR) is 149 cm³/mol. The number of carbonyl (C=O) groups is 1. The van der Waals surface area contributed by atoms with Gasteiger partial charge in [-0.2, -0.15) is 0 Å². The topological polar surface area (TPSA) is 86.3 Å². The number of unbranched alkanes of at least 4 members (excludes halogenated alkanes) is 3. The molecule has 3 N–H and O–H groups in total. The molecule has 1 aromatic heterocycles. The lowest BCUT2D eigenvalue weighted by atomic mass is 9.98. The van der Waals surface area contributed by atoms with Crippen molar-refractivity contribution in [3.63, 3.8) is 0 Å². The van der Waals surface area contributed by atoms with Crippen LogP contribution in [0, 0.1) is 19.7 Å². The number of pyridine rings is 1. The Labute approximate surface area is 221 Å². The van der Waals surface area contributed by atoms with Gasteiger partial charge in [-0.3, -0.25) is 9.52 Å². The molecule has 0 radical (unpaired) electrons. The van der Waals surface area contributed by atoms with E-state index < -0.39 is 17.2 Å². The number of nitrogens with two attached hydrogens (primary N) is 1. The third-order valence-corrected chi connectivity index (χ3v) is 7.93. The number of halogens is 1. The van der Waals surface area contributed by atoms with Gasteiger partial charge in [-0.15, -0.1) is 0 Å². The SMILES string of the molecule is CCOC(=O)c1cn(C2CC2)c2cc(-c3cc(C)c(SNCCCCCCN)c(C)c3)c(F)cc2c1=O. The number of ether oxygens (including phenoxy) is 1. The third kappa shape index (κ3) is 6.25. The molecule has 8 heteroatoms. The van der Waals surface area contributed by atoms with Crippen molar-refractivity contribution >= 4 is 28.8 Å². The van der Waals surface area contributed by atoms with Gasteiger partial charge in [0.2, 0.25) is 5.43 Å². The Morgan fingerprint density at radius 3 is 2.49 bits per heavy atom. The number of esters is 1. The van der Waals surface area contributed by atoms with E-state index in [9.17, 15) is 9.59 Å². The lowest BCUT2D eigenvalue weighted by molar-refractivity contribution is 0.0524. The Kier molecular flexibility index (Phi) is 9.05. The molecule has 0 bridgehead atoms. The van der Waals surface area contributed by atoms with Gasteiger partial charge >= 0.3 is 5.97 Å². The second kappa shape index (κ2) is 12.2. The maximum absolute atomic E-state index is 15.5. The molecule has 0 atom stereocenters. The highest BCUT2D eigenvalue weighted by molar-refractivity contribution is 7.97. The zero-order chi connectivity index (χ0) is 26.5. The molecule has 3 aromatic rings. The lowest BCUT2D eigenvalue weighted by Crippen LogP contribution is -2.21. The first-order valence-corrected chi connectivity index (χ1v) is 13.9. The minimum atomic E-state index is -0.670. The van der Waals surface area contributed by atoms with E-state index in [0.717, 1.165) is 73.2 Å². The lowest BCUT2D eigenvalue weighted by Gasteiger charge is -2.16. The summed E-state index contributed by atoms with van der Waals surface area (Å²) in [6.07, 6.45) is 7.99. The average molecular weight is 526 g/mol. The highest BCUT2D eigenvalue weighted by atomic mass is 32.2. The van der Waals surface area contributed by atoms with Crippen LogP contribution in [0.25, 0.3) is 22.0 Å². The summed E-state index contributed by atoms with van der Waals surface area (Å²) in [4.78, 5) is 26.6. The van der Waals surface area contributed by atoms with Gasteiger partial charge in [0.25, 0.3) is 0 Å². The fourth-order valence-corrected chi connectivity index (χ4v) is 5.52. The van der Waals surface area contributed by atoms with E-state index in [2.05, 4.69) is 4.72 Å². The Morgan fingerprint density at radius 2 is 1.84 bits per heavy atom. The number of nitrogens with zero attached hydrogens (tertiary/aromatic N) is 1. The highest BCUT2D eigenvalue weighted by Crippen LogP contribution is 2.39. The molecule has 4 rings (SSSR count). The van der Waals surface area contributed by atoms with Crippen LogP contribution in [0.2, 0.25) is 0 Å². The van der Waals surface area contributed by atoms with E-state index in [1.165, 1.54) is 6.07 Å². The summed E-state index contributed by atoms with van der Waals surface area (Å²) >= 11 is 1.62. The van der Waals surface area contributed by atoms with Gasteiger partial charge in [0.1, 0.15) is 11.4 Å². The van der Waals surface area contributed by atoms with E-state index in [-0.39, 0.29) is 23.6 Å². The average Bonchev–Trinajstić information content (AvgIpc) is 3.70. The highest BCUT2D eigenvalue weighted by Gasteiger charge is 2.28. The monoisotopic (exact) mass is 525 g/mol. The molecule has 1 aliphatic carbocycles. The first kappa shape index (κ1) is 27.4. The third-order valence-electron chi connectivity index (χ3n) is 6.74. The van der Waals surface area contributed by atoms with Crippen molar-refractivity contribution in [3.05, 3.63) is 63.2 Å². The van der Waals surface area contributed by atoms with Crippen molar-refractivity contribution in [1.29, 1.82) is 0 Å². The van der Waals surface area contributed by atoms with Gasteiger partial charge in [0, 0.05) is 34.6 Å². The molecule has 37 heavy (non-hydrogen) atoms. The molecule has 6 nitrogen and oxygen atoms in total. The minimum absolute atomic E-state index is 0.0478. The minimum Gasteiger partial charge on any atom is -0.462 e. The van der Waals surface area contributed by atoms with Crippen LogP contribution in [0.1, 0.15) is 73.0 Å². The van der Waals surface area contributed by atoms with E-state index in [4.69, 9.17) is 10.5 Å². The predicted octanol–water partition coefficient (Wildman–Crippen LogP) is 6.05. The number of hydrogen-bond acceptors (Lipinski definition) is 6. The van der Waals surface area contributed by atoms with Crippen LogP contribution >= 0.6 is 11.9 Å². The number of hydrogen-bond donors (Lipinski definition) is 2. The number of fused-ring (bicyclic) bond motifs is 1. The summed E-state index contributed by atoms with van der Waals surface area (Å²) in [5, 5.41) is 0.204. The molecule has 0 saturated heterocycles. The number of aryl methyl sites for hydroxylation is 2. The van der Waals surface area contributed by atoms with Crippen molar-refractivity contribution in [2.75, 3.05) is 19.7 Å². The molecule has 0 amide bonds. The molecule has 2 aromatic carbocycles. The van der Waals surface area contributed by atoms with Gasteiger partial charge in [-0.1, -0.05) is 25.0 Å². The van der Waals surface area contributed by atoms with Crippen molar-refractivity contribution in [1.82, 2.24) is 9.29 Å². The van der Waals surface area contributed by atoms with E-state index in [1.807, 2.05) is 30.5 Å². The van der Waals surface area contributed by atoms with Crippen molar-refractivity contribution < 1.29 is 13.9 Å². The van der Waals surface area contributed by atoms with Crippen LogP contribution < -0.4 is 15.9 Å².